The molecule has 1 aliphatic heterocycles. The normalized spacial score (nSPS) is 17.5. The molecule has 3 rings (SSSR count). The Kier molecular flexibility index (Phi) is 7.85. The van der Waals surface area contributed by atoms with Gasteiger partial charge in [-0.25, -0.2) is 13.2 Å². The fourth-order valence-electron chi connectivity index (χ4n) is 3.73. The molecule has 2 atom stereocenters. The van der Waals surface area contributed by atoms with Crippen molar-refractivity contribution in [3.63, 3.8) is 0 Å². The van der Waals surface area contributed by atoms with Crippen LogP contribution in [0, 0.1) is 0 Å². The maximum absolute atomic E-state index is 12.9. The van der Waals surface area contributed by atoms with Gasteiger partial charge in [-0.2, -0.15) is 4.31 Å². The van der Waals surface area contributed by atoms with E-state index in [1.807, 2.05) is 6.07 Å². The Morgan fingerprint density at radius 2 is 1.65 bits per heavy atom. The van der Waals surface area contributed by atoms with Crippen molar-refractivity contribution in [2.45, 2.75) is 37.8 Å². The van der Waals surface area contributed by atoms with Crippen molar-refractivity contribution < 1.29 is 33.0 Å². The van der Waals surface area contributed by atoms with E-state index in [2.05, 4.69) is 0 Å². The number of benzene rings is 2. The van der Waals surface area contributed by atoms with Gasteiger partial charge in [0.15, 0.2) is 0 Å². The number of hydrogen-bond acceptors (Lipinski definition) is 6. The molecule has 1 aliphatic rings. The van der Waals surface area contributed by atoms with Crippen LogP contribution in [0.25, 0.3) is 0 Å². The molecule has 0 aliphatic carbocycles. The number of allylic oxidation sites excluding steroid dienone is 1. The second-order valence-corrected chi connectivity index (χ2v) is 9.76. The third kappa shape index (κ3) is 5.70. The predicted molar refractivity (Wildman–Crippen MR) is 126 cm³/mol. The maximum Gasteiger partial charge on any atom is 0.346 e. The molecule has 0 saturated carbocycles. The number of amides is 3. The molecule has 0 spiro atoms. The van der Waals surface area contributed by atoms with Crippen molar-refractivity contribution in [2.75, 3.05) is 11.2 Å². The second-order valence-electron chi connectivity index (χ2n) is 7.93. The first-order chi connectivity index (χ1) is 16.1. The number of aliphatic hydroxyl groups is 1. The van der Waals surface area contributed by atoms with Gasteiger partial charge in [0, 0.05) is 12.1 Å². The molecule has 0 radical (unpaired) electrons. The van der Waals surface area contributed by atoms with Gasteiger partial charge < -0.3 is 10.2 Å². The standard InChI is InChI=1S/C24H26N2O7S/c1-34(32,33)26-23(30)20(11-7-2-3-8-12-21(27)28)25(24(26)31)19-15-13-18(14-16-19)22(29)17-9-5-4-6-10-17/h2,4-7,9-10,13-16,20,22,29H,3,8,11-12H2,1H3,(H,27,28)/b7-2-. The smallest absolute Gasteiger partial charge is 0.346 e. The third-order valence-electron chi connectivity index (χ3n) is 5.40. The van der Waals surface area contributed by atoms with Crippen LogP contribution in [0.15, 0.2) is 66.7 Å². The number of carbonyl (C=O) groups is 3. The van der Waals surface area contributed by atoms with Crippen LogP contribution in [0.3, 0.4) is 0 Å². The lowest BCUT2D eigenvalue weighted by Crippen LogP contribution is -2.37. The van der Waals surface area contributed by atoms with Gasteiger partial charge in [-0.1, -0.05) is 54.6 Å². The number of anilines is 1. The number of hydrogen-bond donors (Lipinski definition) is 2. The third-order valence-corrected chi connectivity index (χ3v) is 6.40. The lowest BCUT2D eigenvalue weighted by molar-refractivity contribution is -0.137. The summed E-state index contributed by atoms with van der Waals surface area (Å²) in [7, 11) is -4.12. The number of rotatable bonds is 10. The van der Waals surface area contributed by atoms with E-state index >= 15 is 0 Å². The fourth-order valence-corrected chi connectivity index (χ4v) is 4.55. The number of sulfonamides is 1. The Hall–Kier alpha value is -3.50. The minimum atomic E-state index is -4.12. The summed E-state index contributed by atoms with van der Waals surface area (Å²) in [6, 6.07) is 13.3. The van der Waals surface area contributed by atoms with Crippen molar-refractivity contribution in [3.05, 3.63) is 77.9 Å². The van der Waals surface area contributed by atoms with Crippen LogP contribution in [-0.2, 0) is 19.6 Å². The molecular formula is C24H26N2O7S. The Bertz CT molecular complexity index is 1180. The summed E-state index contributed by atoms with van der Waals surface area (Å²) in [5.74, 6) is -1.75. The van der Waals surface area contributed by atoms with Gasteiger partial charge in [-0.15, -0.1) is 0 Å². The molecule has 10 heteroatoms. The van der Waals surface area contributed by atoms with E-state index in [0.717, 1.165) is 11.2 Å². The van der Waals surface area contributed by atoms with E-state index in [1.165, 1.54) is 0 Å². The predicted octanol–water partition coefficient (Wildman–Crippen LogP) is 3.07. The van der Waals surface area contributed by atoms with Crippen molar-refractivity contribution in [1.82, 2.24) is 4.31 Å². The monoisotopic (exact) mass is 486 g/mol. The van der Waals surface area contributed by atoms with E-state index in [0.29, 0.717) is 29.7 Å². The van der Waals surface area contributed by atoms with Crippen LogP contribution >= 0.6 is 0 Å². The van der Waals surface area contributed by atoms with Gasteiger partial charge in [0.25, 0.3) is 5.91 Å². The molecule has 2 aromatic carbocycles. The van der Waals surface area contributed by atoms with Crippen LogP contribution in [0.4, 0.5) is 10.5 Å². The maximum atomic E-state index is 12.9. The molecule has 2 unspecified atom stereocenters. The molecule has 1 saturated heterocycles. The van der Waals surface area contributed by atoms with Crippen LogP contribution < -0.4 is 4.90 Å². The quantitative estimate of drug-likeness (QED) is 0.300. The molecule has 180 valence electrons. The summed E-state index contributed by atoms with van der Waals surface area (Å²) in [5.41, 5.74) is 1.58. The van der Waals surface area contributed by atoms with Gasteiger partial charge in [0.05, 0.1) is 6.26 Å². The van der Waals surface area contributed by atoms with E-state index in [9.17, 15) is 27.9 Å². The van der Waals surface area contributed by atoms with Crippen molar-refractivity contribution >= 4 is 33.6 Å². The number of aliphatic carboxylic acids is 1. The molecule has 1 fully saturated rings. The van der Waals surface area contributed by atoms with E-state index in [4.69, 9.17) is 5.11 Å². The van der Waals surface area contributed by atoms with E-state index in [1.54, 1.807) is 60.7 Å². The average Bonchev–Trinajstić information content (AvgIpc) is 3.05. The highest BCUT2D eigenvalue weighted by Crippen LogP contribution is 2.31. The molecule has 0 aromatic heterocycles. The summed E-state index contributed by atoms with van der Waals surface area (Å²) in [4.78, 5) is 37.5. The summed E-state index contributed by atoms with van der Waals surface area (Å²) in [6.07, 6.45) is 4.24. The minimum absolute atomic E-state index is 0.0142. The van der Waals surface area contributed by atoms with Crippen LogP contribution in [0.2, 0.25) is 0 Å². The fraction of sp³-hybridized carbons (Fsp3) is 0.292. The molecular weight excluding hydrogens is 460 g/mol. The molecule has 0 bridgehead atoms. The second kappa shape index (κ2) is 10.6. The summed E-state index contributed by atoms with van der Waals surface area (Å²) >= 11 is 0. The van der Waals surface area contributed by atoms with E-state index < -0.39 is 40.1 Å². The molecule has 3 amide bonds. The molecule has 9 nitrogen and oxygen atoms in total. The topological polar surface area (TPSA) is 132 Å². The van der Waals surface area contributed by atoms with Crippen molar-refractivity contribution in [2.24, 2.45) is 0 Å². The van der Waals surface area contributed by atoms with Crippen LogP contribution in [0.1, 0.15) is 42.9 Å². The number of carbonyl (C=O) groups excluding carboxylic acids is 2. The van der Waals surface area contributed by atoms with Crippen LogP contribution in [0.5, 0.6) is 0 Å². The van der Waals surface area contributed by atoms with Gasteiger partial charge in [0.1, 0.15) is 12.1 Å². The van der Waals surface area contributed by atoms with Crippen molar-refractivity contribution in [1.29, 1.82) is 0 Å². The van der Waals surface area contributed by atoms with Gasteiger partial charge >= 0.3 is 12.0 Å². The number of carboxylic acids is 1. The van der Waals surface area contributed by atoms with Crippen LogP contribution in [-0.4, -0.2) is 53.1 Å². The summed E-state index contributed by atoms with van der Waals surface area (Å²) < 4.78 is 24.5. The number of nitrogens with zero attached hydrogens (tertiary/aromatic N) is 2. The zero-order valence-electron chi connectivity index (χ0n) is 18.6. The largest absolute Gasteiger partial charge is 0.481 e. The van der Waals surface area contributed by atoms with Crippen molar-refractivity contribution in [3.8, 4) is 0 Å². The number of imide groups is 1. The minimum Gasteiger partial charge on any atom is -0.481 e. The summed E-state index contributed by atoms with van der Waals surface area (Å²) in [5, 5.41) is 19.3. The Labute approximate surface area is 198 Å². The number of urea groups is 1. The average molecular weight is 487 g/mol. The van der Waals surface area contributed by atoms with Gasteiger partial charge in [-0.3, -0.25) is 14.5 Å². The van der Waals surface area contributed by atoms with Gasteiger partial charge in [0.2, 0.25) is 10.0 Å². The first-order valence-corrected chi connectivity index (χ1v) is 12.5. The Morgan fingerprint density at radius 3 is 2.24 bits per heavy atom. The highest BCUT2D eigenvalue weighted by Gasteiger charge is 2.49. The Balaban J connectivity index is 1.83. The summed E-state index contributed by atoms with van der Waals surface area (Å²) in [6.45, 7) is 0. The molecule has 1 heterocycles. The SMILES string of the molecule is CS(=O)(=O)N1C(=O)C(C/C=C\CCCC(=O)O)N(c2ccc(C(O)c3ccccc3)cc2)C1=O. The first kappa shape index (κ1) is 25.1. The van der Waals surface area contributed by atoms with Gasteiger partial charge in [-0.05, 0) is 42.5 Å². The highest BCUT2D eigenvalue weighted by atomic mass is 32.2. The zero-order chi connectivity index (χ0) is 24.9. The molecule has 2 N–H and O–H groups in total. The molecule has 34 heavy (non-hydrogen) atoms. The lowest BCUT2D eigenvalue weighted by atomic mass is 10.0. The molecule has 2 aromatic rings. The highest BCUT2D eigenvalue weighted by molar-refractivity contribution is 7.89. The number of unbranched alkanes of at least 4 members (excludes halogenated alkanes) is 1. The first-order valence-electron chi connectivity index (χ1n) is 10.7. The number of aliphatic hydroxyl groups excluding tert-OH is 1. The number of carboxylic acid groups (broad SMARTS) is 1. The Morgan fingerprint density at radius 1 is 1.03 bits per heavy atom. The zero-order valence-corrected chi connectivity index (χ0v) is 19.4. The van der Waals surface area contributed by atoms with E-state index in [-0.39, 0.29) is 17.1 Å². The lowest BCUT2D eigenvalue weighted by Gasteiger charge is -2.21.